The molecule has 2 unspecified atom stereocenters. The first-order valence-electron chi connectivity index (χ1n) is 9.24. The van der Waals surface area contributed by atoms with Crippen LogP contribution in [-0.2, 0) is 9.53 Å². The highest BCUT2D eigenvalue weighted by molar-refractivity contribution is 5.80. The van der Waals surface area contributed by atoms with E-state index in [0.29, 0.717) is 19.1 Å². The molecule has 0 saturated carbocycles. The Hall–Kier alpha value is -1.43. The molecule has 2 atom stereocenters. The first-order chi connectivity index (χ1) is 11.8. The van der Waals surface area contributed by atoms with Crippen molar-refractivity contribution in [3.05, 3.63) is 35.9 Å². The first-order valence-corrected chi connectivity index (χ1v) is 9.24. The highest BCUT2D eigenvalue weighted by atomic mass is 16.5. The van der Waals surface area contributed by atoms with Gasteiger partial charge in [0.25, 0.3) is 0 Å². The standard InChI is InChI=1S/C19H27N3O2/c23-19(20-11-13-24-14-12-20)17-7-10-22(21-8-4-9-21)15-18(17)16-5-2-1-3-6-16/h1-3,5-6,17-18H,4,7-15H2. The molecule has 0 N–H and O–H groups in total. The first kappa shape index (κ1) is 16.1. The third-order valence-corrected chi connectivity index (χ3v) is 5.69. The predicted octanol–water partition coefficient (Wildman–Crippen LogP) is 1.57. The van der Waals surface area contributed by atoms with Crippen LogP contribution in [0.2, 0.25) is 0 Å². The second kappa shape index (κ2) is 7.21. The zero-order valence-electron chi connectivity index (χ0n) is 14.3. The Morgan fingerprint density at radius 3 is 2.38 bits per heavy atom. The highest BCUT2D eigenvalue weighted by Crippen LogP contribution is 2.35. The van der Waals surface area contributed by atoms with Gasteiger partial charge in [0.2, 0.25) is 5.91 Å². The summed E-state index contributed by atoms with van der Waals surface area (Å²) >= 11 is 0. The summed E-state index contributed by atoms with van der Waals surface area (Å²) in [6.07, 6.45) is 2.24. The fraction of sp³-hybridized carbons (Fsp3) is 0.632. The number of morpholine rings is 1. The van der Waals surface area contributed by atoms with Gasteiger partial charge in [-0.05, 0) is 18.4 Å². The van der Waals surface area contributed by atoms with Crippen molar-refractivity contribution in [2.24, 2.45) is 5.92 Å². The maximum atomic E-state index is 13.1. The van der Waals surface area contributed by atoms with E-state index >= 15 is 0 Å². The molecule has 130 valence electrons. The van der Waals surface area contributed by atoms with Crippen LogP contribution in [0.25, 0.3) is 0 Å². The number of carbonyl (C=O) groups is 1. The minimum atomic E-state index is 0.100. The van der Waals surface area contributed by atoms with Gasteiger partial charge in [-0.25, -0.2) is 10.0 Å². The van der Waals surface area contributed by atoms with Gasteiger partial charge in [0.05, 0.1) is 13.2 Å². The molecular formula is C19H27N3O2. The minimum absolute atomic E-state index is 0.100. The molecule has 5 heteroatoms. The zero-order chi connectivity index (χ0) is 16.4. The molecule has 3 aliphatic heterocycles. The monoisotopic (exact) mass is 329 g/mol. The van der Waals surface area contributed by atoms with Crippen LogP contribution in [0.1, 0.15) is 24.3 Å². The smallest absolute Gasteiger partial charge is 0.226 e. The number of piperidine rings is 1. The third-order valence-electron chi connectivity index (χ3n) is 5.69. The second-order valence-electron chi connectivity index (χ2n) is 7.07. The molecule has 0 bridgehead atoms. The quantitative estimate of drug-likeness (QED) is 0.843. The van der Waals surface area contributed by atoms with Crippen LogP contribution in [0.15, 0.2) is 30.3 Å². The minimum Gasteiger partial charge on any atom is -0.378 e. The normalized spacial score (nSPS) is 29.2. The van der Waals surface area contributed by atoms with Gasteiger partial charge in [-0.15, -0.1) is 0 Å². The summed E-state index contributed by atoms with van der Waals surface area (Å²) in [6, 6.07) is 10.6. The highest BCUT2D eigenvalue weighted by Gasteiger charge is 2.39. The fourth-order valence-corrected chi connectivity index (χ4v) is 4.13. The lowest BCUT2D eigenvalue weighted by Gasteiger charge is -2.47. The van der Waals surface area contributed by atoms with Crippen LogP contribution in [-0.4, -0.2) is 73.3 Å². The molecule has 3 heterocycles. The number of benzene rings is 1. The largest absolute Gasteiger partial charge is 0.378 e. The summed E-state index contributed by atoms with van der Waals surface area (Å²) in [5.74, 6) is 0.717. The van der Waals surface area contributed by atoms with Gasteiger partial charge >= 0.3 is 0 Å². The van der Waals surface area contributed by atoms with E-state index in [1.165, 1.54) is 25.1 Å². The van der Waals surface area contributed by atoms with E-state index in [-0.39, 0.29) is 11.8 Å². The predicted molar refractivity (Wildman–Crippen MR) is 92.5 cm³/mol. The Labute approximate surface area is 144 Å². The van der Waals surface area contributed by atoms with Gasteiger partial charge in [0.1, 0.15) is 0 Å². The summed E-state index contributed by atoms with van der Waals surface area (Å²) in [4.78, 5) is 15.2. The van der Waals surface area contributed by atoms with E-state index in [1.54, 1.807) is 0 Å². The molecule has 3 saturated heterocycles. The molecular weight excluding hydrogens is 302 g/mol. The van der Waals surface area contributed by atoms with Crippen molar-refractivity contribution < 1.29 is 9.53 Å². The maximum Gasteiger partial charge on any atom is 0.226 e. The lowest BCUT2D eigenvalue weighted by molar-refractivity contribution is -0.147. The van der Waals surface area contributed by atoms with E-state index < -0.39 is 0 Å². The van der Waals surface area contributed by atoms with Crippen LogP contribution in [0.3, 0.4) is 0 Å². The summed E-state index contributed by atoms with van der Waals surface area (Å²) in [5.41, 5.74) is 1.30. The van der Waals surface area contributed by atoms with Crippen molar-refractivity contribution in [3.8, 4) is 0 Å². The van der Waals surface area contributed by atoms with Gasteiger partial charge in [-0.3, -0.25) is 4.79 Å². The van der Waals surface area contributed by atoms with E-state index in [1.807, 2.05) is 4.90 Å². The number of hydrogen-bond acceptors (Lipinski definition) is 4. The molecule has 4 rings (SSSR count). The molecule has 0 aliphatic carbocycles. The second-order valence-corrected chi connectivity index (χ2v) is 7.07. The Balaban J connectivity index is 1.53. The number of rotatable bonds is 3. The molecule has 1 aromatic rings. The molecule has 1 amide bonds. The number of nitrogens with zero attached hydrogens (tertiary/aromatic N) is 3. The summed E-state index contributed by atoms with van der Waals surface area (Å²) in [6.45, 7) is 7.14. The lowest BCUT2D eigenvalue weighted by Crippen LogP contribution is -2.57. The van der Waals surface area contributed by atoms with Crippen LogP contribution >= 0.6 is 0 Å². The third kappa shape index (κ3) is 3.21. The van der Waals surface area contributed by atoms with Crippen molar-refractivity contribution in [1.82, 2.24) is 14.9 Å². The Bertz CT molecular complexity index is 555. The van der Waals surface area contributed by atoms with Gasteiger partial charge in [0, 0.05) is 51.1 Å². The summed E-state index contributed by atoms with van der Waals surface area (Å²) < 4.78 is 5.41. The molecule has 5 nitrogen and oxygen atoms in total. The maximum absolute atomic E-state index is 13.1. The van der Waals surface area contributed by atoms with Crippen molar-refractivity contribution in [1.29, 1.82) is 0 Å². The van der Waals surface area contributed by atoms with E-state index in [4.69, 9.17) is 4.74 Å². The topological polar surface area (TPSA) is 36.0 Å². The lowest BCUT2D eigenvalue weighted by atomic mass is 9.80. The SMILES string of the molecule is O=C(C1CCN(N2CCC2)CC1c1ccccc1)N1CCOCC1. The number of ether oxygens (including phenoxy) is 1. The van der Waals surface area contributed by atoms with Crippen molar-refractivity contribution >= 4 is 5.91 Å². The van der Waals surface area contributed by atoms with E-state index in [2.05, 4.69) is 40.3 Å². The number of amides is 1. The Kier molecular flexibility index (Phi) is 4.83. The number of hydrogen-bond donors (Lipinski definition) is 0. The number of carbonyl (C=O) groups excluding carboxylic acids is 1. The molecule has 0 radical (unpaired) electrons. The van der Waals surface area contributed by atoms with E-state index in [9.17, 15) is 4.79 Å². The Morgan fingerprint density at radius 2 is 1.71 bits per heavy atom. The van der Waals surface area contributed by atoms with Crippen LogP contribution in [0, 0.1) is 5.92 Å². The summed E-state index contributed by atoms with van der Waals surface area (Å²) in [7, 11) is 0. The van der Waals surface area contributed by atoms with Crippen molar-refractivity contribution in [2.45, 2.75) is 18.8 Å². The van der Waals surface area contributed by atoms with E-state index in [0.717, 1.165) is 32.6 Å². The summed E-state index contributed by atoms with van der Waals surface area (Å²) in [5, 5.41) is 4.93. The molecule has 0 spiro atoms. The zero-order valence-corrected chi connectivity index (χ0v) is 14.3. The van der Waals surface area contributed by atoms with Gasteiger partial charge in [-0.2, -0.15) is 0 Å². The molecule has 1 aromatic carbocycles. The number of hydrazine groups is 1. The van der Waals surface area contributed by atoms with Crippen molar-refractivity contribution in [3.63, 3.8) is 0 Å². The average Bonchev–Trinajstić information content (AvgIpc) is 2.61. The Morgan fingerprint density at radius 1 is 0.958 bits per heavy atom. The van der Waals surface area contributed by atoms with Crippen LogP contribution < -0.4 is 0 Å². The van der Waals surface area contributed by atoms with Crippen LogP contribution in [0.5, 0.6) is 0 Å². The van der Waals surface area contributed by atoms with Gasteiger partial charge in [-0.1, -0.05) is 30.3 Å². The molecule has 3 fully saturated rings. The average molecular weight is 329 g/mol. The fourth-order valence-electron chi connectivity index (χ4n) is 4.13. The van der Waals surface area contributed by atoms with Crippen molar-refractivity contribution in [2.75, 3.05) is 52.5 Å². The van der Waals surface area contributed by atoms with Gasteiger partial charge in [0.15, 0.2) is 0 Å². The van der Waals surface area contributed by atoms with Crippen LogP contribution in [0.4, 0.5) is 0 Å². The molecule has 0 aromatic heterocycles. The molecule has 3 aliphatic rings. The molecule has 24 heavy (non-hydrogen) atoms. The van der Waals surface area contributed by atoms with Gasteiger partial charge < -0.3 is 9.64 Å².